The van der Waals surface area contributed by atoms with Crippen molar-refractivity contribution in [3.05, 3.63) is 42.5 Å². The average molecular weight is 349 g/mol. The molecule has 3 rings (SSSR count). The number of alkyl halides is 3. The zero-order valence-electron chi connectivity index (χ0n) is 10.8. The van der Waals surface area contributed by atoms with Crippen molar-refractivity contribution in [2.45, 2.75) is 5.51 Å². The smallest absolute Gasteiger partial charge is 0.398 e. The van der Waals surface area contributed by atoms with Crippen LogP contribution in [0.4, 0.5) is 18.9 Å². The van der Waals surface area contributed by atoms with E-state index in [-0.39, 0.29) is 0 Å². The summed E-state index contributed by atoms with van der Waals surface area (Å²) in [5.74, 6) is 0. The molecule has 9 heteroatoms. The number of halogens is 3. The zero-order valence-corrected chi connectivity index (χ0v) is 12.5. The molecule has 0 amide bonds. The van der Waals surface area contributed by atoms with Gasteiger partial charge in [-0.15, -0.1) is 11.3 Å². The molecule has 118 valence electrons. The fraction of sp³-hybridized carbons (Fsp3) is 0.0769. The second-order valence-corrected chi connectivity index (χ2v) is 6.74. The Morgan fingerprint density at radius 3 is 2.14 bits per heavy atom. The van der Waals surface area contributed by atoms with Gasteiger partial charge in [-0.2, -0.15) is 21.6 Å². The van der Waals surface area contributed by atoms with E-state index >= 15 is 0 Å². The van der Waals surface area contributed by atoms with Gasteiger partial charge in [0.25, 0.3) is 0 Å². The van der Waals surface area contributed by atoms with Crippen molar-refractivity contribution in [3.63, 3.8) is 0 Å². The molecule has 0 aliphatic rings. The first kappa shape index (κ1) is 16.5. The van der Waals surface area contributed by atoms with E-state index in [0.717, 1.165) is 5.69 Å². The molecule has 1 aromatic heterocycles. The van der Waals surface area contributed by atoms with Crippen LogP contribution in [-0.2, 0) is 10.1 Å². The summed E-state index contributed by atoms with van der Waals surface area (Å²) in [6.07, 6.45) is 0. The van der Waals surface area contributed by atoms with Gasteiger partial charge in [-0.25, -0.2) is 0 Å². The number of nitrogen functional groups attached to an aromatic ring is 1. The van der Waals surface area contributed by atoms with Crippen LogP contribution in [0.15, 0.2) is 42.5 Å². The summed E-state index contributed by atoms with van der Waals surface area (Å²) in [5.41, 5.74) is 1.31. The molecule has 1 heterocycles. The van der Waals surface area contributed by atoms with Gasteiger partial charge in [0, 0.05) is 25.9 Å². The highest BCUT2D eigenvalue weighted by atomic mass is 32.2. The molecule has 0 atom stereocenters. The van der Waals surface area contributed by atoms with Gasteiger partial charge in [0.1, 0.15) is 0 Å². The van der Waals surface area contributed by atoms with Crippen molar-refractivity contribution in [3.8, 4) is 0 Å². The van der Waals surface area contributed by atoms with E-state index in [2.05, 4.69) is 30.3 Å². The maximum absolute atomic E-state index is 10.7. The maximum atomic E-state index is 10.7. The summed E-state index contributed by atoms with van der Waals surface area (Å²) in [6.45, 7) is 0. The molecule has 2 aromatic carbocycles. The summed E-state index contributed by atoms with van der Waals surface area (Å²) in [7, 11) is -5.84. The minimum atomic E-state index is -5.84. The van der Waals surface area contributed by atoms with Crippen LogP contribution in [0.5, 0.6) is 0 Å². The highest BCUT2D eigenvalue weighted by molar-refractivity contribution is 7.86. The molecule has 3 N–H and O–H groups in total. The van der Waals surface area contributed by atoms with Gasteiger partial charge in [0.15, 0.2) is 0 Å². The topological polar surface area (TPSA) is 80.4 Å². The number of nitrogens with two attached hydrogens (primary N) is 1. The van der Waals surface area contributed by atoms with Crippen molar-refractivity contribution in [1.82, 2.24) is 0 Å². The third kappa shape index (κ3) is 3.32. The number of thiophene rings is 1. The minimum absolute atomic E-state index is 0.875. The van der Waals surface area contributed by atoms with Gasteiger partial charge in [-0.1, -0.05) is 24.3 Å². The molecular weight excluding hydrogens is 339 g/mol. The zero-order chi connectivity index (χ0) is 16.5. The molecule has 4 nitrogen and oxygen atoms in total. The van der Waals surface area contributed by atoms with Crippen LogP contribution in [0.25, 0.3) is 20.2 Å². The maximum Gasteiger partial charge on any atom is 0.522 e. The van der Waals surface area contributed by atoms with Crippen LogP contribution in [0.2, 0.25) is 0 Å². The molecular formula is C13H10F3NO3S2. The Hall–Kier alpha value is -1.84. The van der Waals surface area contributed by atoms with E-state index in [1.54, 1.807) is 11.3 Å². The van der Waals surface area contributed by atoms with Crippen molar-refractivity contribution in [2.24, 2.45) is 0 Å². The molecule has 0 saturated carbocycles. The lowest BCUT2D eigenvalue weighted by molar-refractivity contribution is -0.0510. The average Bonchev–Trinajstić information content (AvgIpc) is 2.76. The van der Waals surface area contributed by atoms with E-state index in [0.29, 0.717) is 0 Å². The van der Waals surface area contributed by atoms with Crippen molar-refractivity contribution in [1.29, 1.82) is 0 Å². The lowest BCUT2D eigenvalue weighted by Crippen LogP contribution is -2.21. The predicted octanol–water partition coefficient (Wildman–Crippen LogP) is 4.03. The van der Waals surface area contributed by atoms with Crippen LogP contribution in [0.3, 0.4) is 0 Å². The molecule has 0 spiro atoms. The Morgan fingerprint density at radius 1 is 1.00 bits per heavy atom. The molecule has 0 saturated heterocycles. The van der Waals surface area contributed by atoms with Crippen LogP contribution in [0.1, 0.15) is 0 Å². The fourth-order valence-corrected chi connectivity index (χ4v) is 2.94. The van der Waals surface area contributed by atoms with Crippen molar-refractivity contribution < 1.29 is 26.1 Å². The Balaban J connectivity index is 0.000000192. The summed E-state index contributed by atoms with van der Waals surface area (Å²) in [4.78, 5) is 0. The molecule has 0 aliphatic heterocycles. The summed E-state index contributed by atoms with van der Waals surface area (Å²) >= 11 is 1.80. The van der Waals surface area contributed by atoms with Gasteiger partial charge >= 0.3 is 15.6 Å². The Labute approximate surface area is 127 Å². The van der Waals surface area contributed by atoms with Gasteiger partial charge in [0.05, 0.1) is 0 Å². The van der Waals surface area contributed by atoms with E-state index in [1.807, 2.05) is 12.1 Å². The first-order valence-electron chi connectivity index (χ1n) is 5.81. The standard InChI is InChI=1S/C12H9NS.CHF3O3S/c13-9-5-3-7-11-12(9)8-4-1-2-6-10(8)14-11;2-1(3,4)8(5,6)7/h1-7H,13H2;(H,5,6,7). The number of benzene rings is 2. The van der Waals surface area contributed by atoms with E-state index in [9.17, 15) is 13.2 Å². The summed E-state index contributed by atoms with van der Waals surface area (Å²) < 4.78 is 60.1. The third-order valence-electron chi connectivity index (χ3n) is 2.73. The van der Waals surface area contributed by atoms with Crippen molar-refractivity contribution in [2.75, 3.05) is 5.73 Å². The van der Waals surface area contributed by atoms with Crippen LogP contribution < -0.4 is 5.73 Å². The lowest BCUT2D eigenvalue weighted by atomic mass is 10.1. The van der Waals surface area contributed by atoms with Crippen LogP contribution in [-0.4, -0.2) is 18.5 Å². The summed E-state index contributed by atoms with van der Waals surface area (Å²) in [6, 6.07) is 14.5. The van der Waals surface area contributed by atoms with Crippen LogP contribution in [0, 0.1) is 0 Å². The molecule has 0 fully saturated rings. The quantitative estimate of drug-likeness (QED) is 0.365. The SMILES string of the molecule is Nc1cccc2sc3ccccc3c12.O=S(=O)(O)C(F)(F)F. The number of hydrogen-bond donors (Lipinski definition) is 2. The normalized spacial score (nSPS) is 12.2. The second-order valence-electron chi connectivity index (χ2n) is 4.24. The highest BCUT2D eigenvalue weighted by Gasteiger charge is 2.44. The first-order valence-corrected chi connectivity index (χ1v) is 8.06. The molecule has 0 aliphatic carbocycles. The number of hydrogen-bond acceptors (Lipinski definition) is 4. The lowest BCUT2D eigenvalue weighted by Gasteiger charge is -1.97. The minimum Gasteiger partial charge on any atom is -0.398 e. The van der Waals surface area contributed by atoms with Gasteiger partial charge in [-0.3, -0.25) is 4.55 Å². The molecule has 0 radical (unpaired) electrons. The summed E-state index contributed by atoms with van der Waals surface area (Å²) in [5, 5.41) is 2.47. The first-order chi connectivity index (χ1) is 10.1. The number of fused-ring (bicyclic) bond motifs is 3. The molecule has 0 unspecified atom stereocenters. The molecule has 0 bridgehead atoms. The van der Waals surface area contributed by atoms with E-state index < -0.39 is 15.6 Å². The second kappa shape index (κ2) is 5.75. The number of anilines is 1. The van der Waals surface area contributed by atoms with E-state index in [4.69, 9.17) is 18.7 Å². The monoisotopic (exact) mass is 349 g/mol. The molecule has 22 heavy (non-hydrogen) atoms. The largest absolute Gasteiger partial charge is 0.522 e. The Kier molecular flexibility index (Phi) is 4.32. The van der Waals surface area contributed by atoms with Gasteiger partial charge in [0.2, 0.25) is 0 Å². The van der Waals surface area contributed by atoms with Crippen LogP contribution >= 0.6 is 11.3 Å². The highest BCUT2D eigenvalue weighted by Crippen LogP contribution is 2.36. The van der Waals surface area contributed by atoms with Crippen molar-refractivity contribution >= 4 is 47.3 Å². The number of rotatable bonds is 0. The molecule has 3 aromatic rings. The van der Waals surface area contributed by atoms with Gasteiger partial charge in [-0.05, 0) is 18.2 Å². The third-order valence-corrected chi connectivity index (χ3v) is 4.45. The Bertz CT molecular complexity index is 917. The predicted molar refractivity (Wildman–Crippen MR) is 81.3 cm³/mol. The van der Waals surface area contributed by atoms with E-state index in [1.165, 1.54) is 20.2 Å². The Morgan fingerprint density at radius 2 is 1.55 bits per heavy atom. The van der Waals surface area contributed by atoms with Gasteiger partial charge < -0.3 is 5.73 Å². The fourth-order valence-electron chi connectivity index (χ4n) is 1.80.